The summed E-state index contributed by atoms with van der Waals surface area (Å²) in [5.74, 6) is 0.824. The van der Waals surface area contributed by atoms with Crippen molar-refractivity contribution in [2.45, 2.75) is 44.9 Å². The van der Waals surface area contributed by atoms with Gasteiger partial charge in [-0.05, 0) is 44.9 Å². The number of hydrogen-bond acceptors (Lipinski definition) is 4. The molecule has 2 rings (SSSR count). The summed E-state index contributed by atoms with van der Waals surface area (Å²) >= 11 is 0. The van der Waals surface area contributed by atoms with Crippen molar-refractivity contribution >= 4 is 11.4 Å². The second kappa shape index (κ2) is 4.64. The van der Waals surface area contributed by atoms with Crippen molar-refractivity contribution in [3.05, 3.63) is 0 Å². The van der Waals surface area contributed by atoms with Crippen molar-refractivity contribution < 1.29 is 10.4 Å². The van der Waals surface area contributed by atoms with Gasteiger partial charge in [0.15, 0.2) is 0 Å². The Labute approximate surface area is 89.7 Å². The van der Waals surface area contributed by atoms with Gasteiger partial charge in [0, 0.05) is 11.8 Å². The summed E-state index contributed by atoms with van der Waals surface area (Å²) in [7, 11) is 0. The maximum Gasteiger partial charge on any atom is 0.0601 e. The summed E-state index contributed by atoms with van der Waals surface area (Å²) in [5, 5.41) is 24.4. The van der Waals surface area contributed by atoms with Crippen molar-refractivity contribution in [2.24, 2.45) is 22.1 Å². The van der Waals surface area contributed by atoms with E-state index in [9.17, 15) is 0 Å². The normalized spacial score (nSPS) is 36.8. The van der Waals surface area contributed by atoms with Crippen LogP contribution in [0.4, 0.5) is 0 Å². The summed E-state index contributed by atoms with van der Waals surface area (Å²) in [6.07, 6.45) is 7.35. The maximum absolute atomic E-state index is 8.84. The lowest BCUT2D eigenvalue weighted by Crippen LogP contribution is -2.16. The minimum atomic E-state index is 0.412. The smallest absolute Gasteiger partial charge is 0.0601 e. The van der Waals surface area contributed by atoms with Gasteiger partial charge in [-0.2, -0.15) is 0 Å². The van der Waals surface area contributed by atoms with Crippen LogP contribution < -0.4 is 0 Å². The highest BCUT2D eigenvalue weighted by Gasteiger charge is 2.30. The third-order valence-electron chi connectivity index (χ3n) is 3.74. The molecule has 0 aromatic rings. The molecule has 2 atom stereocenters. The Morgan fingerprint density at radius 3 is 1.80 bits per heavy atom. The lowest BCUT2D eigenvalue weighted by Gasteiger charge is -2.15. The average molecular weight is 210 g/mol. The Balaban J connectivity index is 1.96. The van der Waals surface area contributed by atoms with Gasteiger partial charge >= 0.3 is 0 Å². The van der Waals surface area contributed by atoms with Gasteiger partial charge in [-0.25, -0.2) is 0 Å². The van der Waals surface area contributed by atoms with Crippen molar-refractivity contribution in [1.29, 1.82) is 0 Å². The molecule has 84 valence electrons. The first-order valence-corrected chi connectivity index (χ1v) is 5.76. The second-order valence-corrected chi connectivity index (χ2v) is 4.60. The number of hydrogen-bond donors (Lipinski definition) is 2. The van der Waals surface area contributed by atoms with Gasteiger partial charge < -0.3 is 10.4 Å². The van der Waals surface area contributed by atoms with Crippen LogP contribution in [0.5, 0.6) is 0 Å². The van der Waals surface area contributed by atoms with Crippen LogP contribution in [-0.2, 0) is 0 Å². The average Bonchev–Trinajstić information content (AvgIpc) is 2.87. The van der Waals surface area contributed by atoms with E-state index < -0.39 is 0 Å². The molecule has 4 heteroatoms. The minimum Gasteiger partial charge on any atom is -0.411 e. The van der Waals surface area contributed by atoms with Gasteiger partial charge in [-0.3, -0.25) is 0 Å². The number of oxime groups is 2. The highest BCUT2D eigenvalue weighted by Crippen LogP contribution is 2.34. The van der Waals surface area contributed by atoms with Crippen molar-refractivity contribution in [3.63, 3.8) is 0 Å². The molecule has 15 heavy (non-hydrogen) atoms. The molecule has 2 aliphatic rings. The first-order chi connectivity index (χ1) is 7.35. The van der Waals surface area contributed by atoms with Crippen LogP contribution in [-0.4, -0.2) is 21.8 Å². The van der Waals surface area contributed by atoms with E-state index >= 15 is 0 Å². The maximum atomic E-state index is 8.84. The van der Waals surface area contributed by atoms with Gasteiger partial charge in [0.25, 0.3) is 0 Å². The zero-order chi connectivity index (χ0) is 10.7. The topological polar surface area (TPSA) is 65.2 Å². The molecule has 2 N–H and O–H groups in total. The summed E-state index contributed by atoms with van der Waals surface area (Å²) in [4.78, 5) is 0. The lowest BCUT2D eigenvalue weighted by molar-refractivity contribution is 0.310. The zero-order valence-electron chi connectivity index (χ0n) is 8.89. The van der Waals surface area contributed by atoms with Gasteiger partial charge in [-0.15, -0.1) is 0 Å². The summed E-state index contributed by atoms with van der Waals surface area (Å²) < 4.78 is 0. The first-order valence-electron chi connectivity index (χ1n) is 5.76. The molecule has 4 nitrogen and oxygen atoms in total. The molecule has 2 aliphatic carbocycles. The van der Waals surface area contributed by atoms with E-state index in [-0.39, 0.29) is 0 Å². The van der Waals surface area contributed by atoms with E-state index in [1.165, 1.54) is 0 Å². The van der Waals surface area contributed by atoms with E-state index in [4.69, 9.17) is 10.4 Å². The molecule has 0 unspecified atom stereocenters. The Bertz CT molecular complexity index is 258. The Hall–Kier alpha value is -1.06. The van der Waals surface area contributed by atoms with Gasteiger partial charge in [0.05, 0.1) is 11.4 Å². The molecule has 0 saturated heterocycles. The van der Waals surface area contributed by atoms with E-state index in [2.05, 4.69) is 10.3 Å². The third-order valence-corrected chi connectivity index (χ3v) is 3.74. The molecule has 2 fully saturated rings. The van der Waals surface area contributed by atoms with E-state index in [1.54, 1.807) is 0 Å². The Morgan fingerprint density at radius 2 is 1.40 bits per heavy atom. The van der Waals surface area contributed by atoms with Crippen LogP contribution in [0.25, 0.3) is 0 Å². The van der Waals surface area contributed by atoms with Crippen LogP contribution in [0.2, 0.25) is 0 Å². The summed E-state index contributed by atoms with van der Waals surface area (Å²) in [5.41, 5.74) is 1.89. The van der Waals surface area contributed by atoms with E-state index in [0.717, 1.165) is 56.4 Å². The molecule has 0 spiro atoms. The Kier molecular flexibility index (Phi) is 3.23. The fourth-order valence-corrected chi connectivity index (χ4v) is 2.92. The number of rotatable bonds is 2. The lowest BCUT2D eigenvalue weighted by atomic mass is 9.90. The largest absolute Gasteiger partial charge is 0.411 e. The van der Waals surface area contributed by atoms with Crippen molar-refractivity contribution in [1.82, 2.24) is 0 Å². The minimum absolute atomic E-state index is 0.412. The summed E-state index contributed by atoms with van der Waals surface area (Å²) in [6.45, 7) is 0. The highest BCUT2D eigenvalue weighted by atomic mass is 16.4. The second-order valence-electron chi connectivity index (χ2n) is 4.60. The molecule has 0 aliphatic heterocycles. The number of nitrogens with zero attached hydrogens (tertiary/aromatic N) is 2. The Morgan fingerprint density at radius 1 is 0.933 bits per heavy atom. The van der Waals surface area contributed by atoms with Crippen LogP contribution in [0, 0.1) is 11.8 Å². The molecule has 0 heterocycles. The van der Waals surface area contributed by atoms with Gasteiger partial charge in [0.2, 0.25) is 0 Å². The molecule has 0 aromatic carbocycles. The predicted molar refractivity (Wildman–Crippen MR) is 57.7 cm³/mol. The fourth-order valence-electron chi connectivity index (χ4n) is 2.92. The van der Waals surface area contributed by atoms with Crippen molar-refractivity contribution in [3.8, 4) is 0 Å². The zero-order valence-corrected chi connectivity index (χ0v) is 8.89. The van der Waals surface area contributed by atoms with E-state index in [1.807, 2.05) is 0 Å². The standard InChI is InChI=1S/C11H18N2O2/c14-12-10-5-1-3-8(10)7-9-4-2-6-11(9)13-15/h8-9,14-15H,1-7H2/b12-10-,13-11-/t8-,9-/m1/s1. The molecule has 0 bridgehead atoms. The molecular formula is C11H18N2O2. The first kappa shape index (κ1) is 10.5. The van der Waals surface area contributed by atoms with Crippen molar-refractivity contribution in [2.75, 3.05) is 0 Å². The molecule has 2 saturated carbocycles. The van der Waals surface area contributed by atoms with E-state index in [0.29, 0.717) is 11.8 Å². The SMILES string of the molecule is O/N=C1/CCC[C@@H]1C[C@H]1CCC/C1=N/O. The summed E-state index contributed by atoms with van der Waals surface area (Å²) in [6, 6.07) is 0. The fraction of sp³-hybridized carbons (Fsp3) is 0.818. The molecule has 0 aromatic heterocycles. The molecule has 0 amide bonds. The van der Waals surface area contributed by atoms with Gasteiger partial charge in [0.1, 0.15) is 0 Å². The van der Waals surface area contributed by atoms with Crippen LogP contribution in [0.3, 0.4) is 0 Å². The third kappa shape index (κ3) is 2.13. The van der Waals surface area contributed by atoms with Gasteiger partial charge in [-0.1, -0.05) is 10.3 Å². The van der Waals surface area contributed by atoms with Crippen LogP contribution in [0.1, 0.15) is 44.9 Å². The van der Waals surface area contributed by atoms with Crippen LogP contribution in [0.15, 0.2) is 10.3 Å². The quantitative estimate of drug-likeness (QED) is 0.543. The van der Waals surface area contributed by atoms with Crippen LogP contribution >= 0.6 is 0 Å². The monoisotopic (exact) mass is 210 g/mol. The molecule has 0 radical (unpaired) electrons. The highest BCUT2D eigenvalue weighted by molar-refractivity contribution is 5.91. The molecular weight excluding hydrogens is 192 g/mol. The predicted octanol–water partition coefficient (Wildman–Crippen LogP) is 2.64.